The van der Waals surface area contributed by atoms with Crippen LogP contribution in [0.25, 0.3) is 0 Å². The Morgan fingerprint density at radius 3 is 2.74 bits per heavy atom. The van der Waals surface area contributed by atoms with E-state index in [4.69, 9.17) is 15.6 Å². The summed E-state index contributed by atoms with van der Waals surface area (Å²) in [7, 11) is 1.61. The van der Waals surface area contributed by atoms with E-state index in [9.17, 15) is 0 Å². The number of hydrogen-bond acceptors (Lipinski definition) is 5. The van der Waals surface area contributed by atoms with E-state index in [1.807, 2.05) is 6.07 Å². The topological polar surface area (TPSA) is 80.4 Å². The lowest BCUT2D eigenvalue weighted by molar-refractivity contribution is 0.199. The van der Waals surface area contributed by atoms with Gasteiger partial charge >= 0.3 is 0 Å². The van der Waals surface area contributed by atoms with Gasteiger partial charge in [0, 0.05) is 12.6 Å². The molecule has 0 radical (unpaired) electrons. The molecular weight excluding hydrogens is 242 g/mol. The molecule has 1 saturated carbocycles. The number of nitrogens with zero attached hydrogens (tertiary/aromatic N) is 1. The summed E-state index contributed by atoms with van der Waals surface area (Å²) in [6.07, 6.45) is 5.54. The monoisotopic (exact) mass is 265 g/mol. The Labute approximate surface area is 114 Å². The van der Waals surface area contributed by atoms with E-state index in [1.165, 1.54) is 6.42 Å². The third kappa shape index (κ3) is 2.98. The van der Waals surface area contributed by atoms with Crippen molar-refractivity contribution in [3.05, 3.63) is 17.8 Å². The first-order valence-corrected chi connectivity index (χ1v) is 6.89. The van der Waals surface area contributed by atoms with Crippen LogP contribution in [0.15, 0.2) is 12.1 Å². The molecule has 0 aromatic carbocycles. The van der Waals surface area contributed by atoms with E-state index in [-0.39, 0.29) is 12.1 Å². The molecule has 0 atom stereocenters. The molecule has 5 heteroatoms. The van der Waals surface area contributed by atoms with Crippen molar-refractivity contribution < 1.29 is 9.84 Å². The minimum absolute atomic E-state index is 0.117. The van der Waals surface area contributed by atoms with Crippen LogP contribution in [0.4, 0.5) is 5.69 Å². The van der Waals surface area contributed by atoms with Crippen molar-refractivity contribution in [3.8, 4) is 5.88 Å². The fourth-order valence-corrected chi connectivity index (χ4v) is 2.90. The van der Waals surface area contributed by atoms with Crippen molar-refractivity contribution in [2.75, 3.05) is 26.0 Å². The maximum absolute atomic E-state index is 9.09. The van der Waals surface area contributed by atoms with Crippen LogP contribution in [0.5, 0.6) is 5.88 Å². The average molecular weight is 265 g/mol. The third-order valence-corrected chi connectivity index (χ3v) is 3.85. The number of rotatable bonds is 5. The first-order valence-electron chi connectivity index (χ1n) is 6.89. The molecule has 0 spiro atoms. The minimum atomic E-state index is -0.223. The Kier molecular flexibility index (Phi) is 4.61. The lowest BCUT2D eigenvalue weighted by Crippen LogP contribution is -2.46. The van der Waals surface area contributed by atoms with Crippen molar-refractivity contribution in [2.45, 2.75) is 37.6 Å². The van der Waals surface area contributed by atoms with E-state index in [2.05, 4.69) is 10.3 Å². The average Bonchev–Trinajstić information content (AvgIpc) is 2.46. The highest BCUT2D eigenvalue weighted by atomic mass is 16.5. The number of ether oxygens (including phenoxy) is 1. The molecule has 1 fully saturated rings. The fourth-order valence-electron chi connectivity index (χ4n) is 2.90. The summed E-state index contributed by atoms with van der Waals surface area (Å²) >= 11 is 0. The van der Waals surface area contributed by atoms with E-state index >= 15 is 0 Å². The Morgan fingerprint density at radius 2 is 2.11 bits per heavy atom. The van der Waals surface area contributed by atoms with Gasteiger partial charge in [-0.2, -0.15) is 0 Å². The predicted octanol–water partition coefficient (Wildman–Crippen LogP) is 1.41. The second-order valence-electron chi connectivity index (χ2n) is 5.08. The number of aromatic nitrogens is 1. The second-order valence-corrected chi connectivity index (χ2v) is 5.08. The van der Waals surface area contributed by atoms with Gasteiger partial charge in [-0.05, 0) is 18.9 Å². The third-order valence-electron chi connectivity index (χ3n) is 3.85. The zero-order valence-electron chi connectivity index (χ0n) is 11.5. The number of methoxy groups -OCH3 is 1. The number of nitrogens with one attached hydrogen (secondary N) is 1. The van der Waals surface area contributed by atoms with E-state index < -0.39 is 0 Å². The smallest absolute Gasteiger partial charge is 0.213 e. The lowest BCUT2D eigenvalue weighted by atomic mass is 9.78. The SMILES string of the molecule is COc1ccc(N)c(C2(NCCO)CCCCC2)n1. The lowest BCUT2D eigenvalue weighted by Gasteiger charge is -2.38. The standard InChI is InChI=1S/C14H23N3O2/c1-19-12-6-5-11(15)13(17-12)14(16-9-10-18)7-3-2-4-8-14/h5-6,16,18H,2-4,7-10,15H2,1H3. The zero-order chi connectivity index (χ0) is 13.7. The van der Waals surface area contributed by atoms with Crippen molar-refractivity contribution in [2.24, 2.45) is 0 Å². The quantitative estimate of drug-likeness (QED) is 0.750. The van der Waals surface area contributed by atoms with Gasteiger partial charge in [-0.25, -0.2) is 4.98 Å². The molecular formula is C14H23N3O2. The molecule has 1 aliphatic carbocycles. The van der Waals surface area contributed by atoms with Gasteiger partial charge in [0.1, 0.15) is 0 Å². The number of pyridine rings is 1. The molecule has 1 aromatic rings. The van der Waals surface area contributed by atoms with Crippen molar-refractivity contribution in [1.82, 2.24) is 10.3 Å². The van der Waals surface area contributed by atoms with Crippen LogP contribution < -0.4 is 15.8 Å². The van der Waals surface area contributed by atoms with Crippen LogP contribution in [-0.2, 0) is 5.54 Å². The molecule has 0 saturated heterocycles. The minimum Gasteiger partial charge on any atom is -0.481 e. The molecule has 19 heavy (non-hydrogen) atoms. The molecule has 4 N–H and O–H groups in total. The van der Waals surface area contributed by atoms with Crippen molar-refractivity contribution in [1.29, 1.82) is 0 Å². The fraction of sp³-hybridized carbons (Fsp3) is 0.643. The Morgan fingerprint density at radius 1 is 1.37 bits per heavy atom. The van der Waals surface area contributed by atoms with Gasteiger partial charge in [-0.1, -0.05) is 19.3 Å². The summed E-state index contributed by atoms with van der Waals surface area (Å²) in [6.45, 7) is 0.671. The normalized spacial score (nSPS) is 18.2. The van der Waals surface area contributed by atoms with Crippen LogP contribution in [0, 0.1) is 0 Å². The van der Waals surface area contributed by atoms with Crippen LogP contribution in [0.3, 0.4) is 0 Å². The summed E-state index contributed by atoms with van der Waals surface area (Å²) in [5.74, 6) is 0.583. The largest absolute Gasteiger partial charge is 0.481 e. The Balaban J connectivity index is 2.36. The summed E-state index contributed by atoms with van der Waals surface area (Å²) in [6, 6.07) is 3.62. The Bertz CT molecular complexity index is 417. The van der Waals surface area contributed by atoms with Gasteiger partial charge in [0.15, 0.2) is 0 Å². The number of hydrogen-bond donors (Lipinski definition) is 3. The molecule has 0 amide bonds. The van der Waals surface area contributed by atoms with Crippen LogP contribution in [-0.4, -0.2) is 30.4 Å². The van der Waals surface area contributed by atoms with E-state index in [0.717, 1.165) is 31.4 Å². The maximum atomic E-state index is 9.09. The summed E-state index contributed by atoms with van der Waals surface area (Å²) in [5.41, 5.74) is 7.44. The zero-order valence-corrected chi connectivity index (χ0v) is 11.5. The summed E-state index contributed by atoms with van der Waals surface area (Å²) < 4.78 is 5.21. The van der Waals surface area contributed by atoms with Gasteiger partial charge in [0.2, 0.25) is 5.88 Å². The summed E-state index contributed by atoms with van der Waals surface area (Å²) in [5, 5.41) is 12.5. The van der Waals surface area contributed by atoms with Crippen LogP contribution in [0.1, 0.15) is 37.8 Å². The predicted molar refractivity (Wildman–Crippen MR) is 75.1 cm³/mol. The highest BCUT2D eigenvalue weighted by Gasteiger charge is 2.36. The van der Waals surface area contributed by atoms with Gasteiger partial charge < -0.3 is 20.9 Å². The molecule has 1 aliphatic rings. The van der Waals surface area contributed by atoms with Crippen LogP contribution in [0.2, 0.25) is 0 Å². The molecule has 0 bridgehead atoms. The first-order chi connectivity index (χ1) is 9.22. The van der Waals surface area contributed by atoms with E-state index in [1.54, 1.807) is 13.2 Å². The first kappa shape index (κ1) is 14.1. The van der Waals surface area contributed by atoms with Gasteiger partial charge in [-0.15, -0.1) is 0 Å². The van der Waals surface area contributed by atoms with Gasteiger partial charge in [0.25, 0.3) is 0 Å². The molecule has 1 heterocycles. The maximum Gasteiger partial charge on any atom is 0.213 e. The number of anilines is 1. The van der Waals surface area contributed by atoms with Crippen LogP contribution >= 0.6 is 0 Å². The van der Waals surface area contributed by atoms with Gasteiger partial charge in [-0.3, -0.25) is 0 Å². The number of aliphatic hydroxyl groups is 1. The van der Waals surface area contributed by atoms with Crippen molar-refractivity contribution in [3.63, 3.8) is 0 Å². The summed E-state index contributed by atoms with van der Waals surface area (Å²) in [4.78, 5) is 4.55. The number of nitrogen functional groups attached to an aromatic ring is 1. The number of nitrogens with two attached hydrogens (primary N) is 1. The Hall–Kier alpha value is -1.33. The second kappa shape index (κ2) is 6.21. The molecule has 0 unspecified atom stereocenters. The highest BCUT2D eigenvalue weighted by molar-refractivity contribution is 5.48. The van der Waals surface area contributed by atoms with Gasteiger partial charge in [0.05, 0.1) is 30.6 Å². The molecule has 0 aliphatic heterocycles. The van der Waals surface area contributed by atoms with E-state index in [0.29, 0.717) is 18.1 Å². The molecule has 5 nitrogen and oxygen atoms in total. The van der Waals surface area contributed by atoms with Crippen molar-refractivity contribution >= 4 is 5.69 Å². The molecule has 1 aromatic heterocycles. The molecule has 2 rings (SSSR count). The number of aliphatic hydroxyl groups excluding tert-OH is 1. The molecule has 106 valence electrons. The highest BCUT2D eigenvalue weighted by Crippen LogP contribution is 2.39.